The molecular weight excluding hydrogens is 751 g/mol. The van der Waals surface area contributed by atoms with E-state index in [1.165, 1.54) is 151 Å². The minimum Gasteiger partial charge on any atom is -0.448 e. The van der Waals surface area contributed by atoms with Crippen molar-refractivity contribution in [1.82, 2.24) is 4.90 Å². The second kappa shape index (κ2) is 32.3. The van der Waals surface area contributed by atoms with E-state index in [1.54, 1.807) is 0 Å². The fraction of sp³-hybridized carbons (Fsp3) is 0.625. The van der Waals surface area contributed by atoms with Crippen LogP contribution < -0.4 is 0 Å². The van der Waals surface area contributed by atoms with Gasteiger partial charge in [0.1, 0.15) is 6.61 Å². The highest BCUT2D eigenvalue weighted by Crippen LogP contribution is 2.44. The van der Waals surface area contributed by atoms with Crippen LogP contribution in [0.5, 0.6) is 0 Å². The normalized spacial score (nSPS) is 15.2. The van der Waals surface area contributed by atoms with E-state index in [1.807, 2.05) is 4.90 Å². The molecule has 0 radical (unpaired) electrons. The summed E-state index contributed by atoms with van der Waals surface area (Å²) in [5.41, 5.74) is 4.97. The molecule has 0 saturated carbocycles. The number of unbranched alkanes of at least 4 members (excludes halogenated alkanes) is 18. The van der Waals surface area contributed by atoms with Gasteiger partial charge in [0.15, 0.2) is 5.79 Å². The van der Waals surface area contributed by atoms with E-state index in [-0.39, 0.29) is 12.0 Å². The Morgan fingerprint density at radius 3 is 1.38 bits per heavy atom. The summed E-state index contributed by atoms with van der Waals surface area (Å²) in [4.78, 5) is 15.3. The van der Waals surface area contributed by atoms with Gasteiger partial charge in [-0.05, 0) is 99.3 Å². The molecule has 0 spiro atoms. The van der Waals surface area contributed by atoms with Crippen molar-refractivity contribution in [3.63, 3.8) is 0 Å². The Morgan fingerprint density at radius 1 is 0.541 bits per heavy atom. The van der Waals surface area contributed by atoms with Crippen LogP contribution in [-0.2, 0) is 14.2 Å². The van der Waals surface area contributed by atoms with Crippen molar-refractivity contribution in [2.75, 3.05) is 32.9 Å². The summed E-state index contributed by atoms with van der Waals surface area (Å²) in [6.07, 6.45) is 49.4. The summed E-state index contributed by atoms with van der Waals surface area (Å²) in [6.45, 7) is 7.47. The predicted molar refractivity (Wildman–Crippen MR) is 259 cm³/mol. The van der Waals surface area contributed by atoms with Crippen LogP contribution in [0.4, 0.5) is 4.79 Å². The number of nitrogens with zero attached hydrogens (tertiary/aromatic N) is 1. The highest BCUT2D eigenvalue weighted by molar-refractivity contribution is 5.79. The summed E-state index contributed by atoms with van der Waals surface area (Å²) >= 11 is 0. The van der Waals surface area contributed by atoms with Crippen molar-refractivity contribution in [1.29, 1.82) is 0 Å². The molecule has 1 fully saturated rings. The van der Waals surface area contributed by atoms with Crippen LogP contribution in [-0.4, -0.2) is 49.7 Å². The number of ether oxygens (including phenoxy) is 3. The highest BCUT2D eigenvalue weighted by Gasteiger charge is 2.39. The molecule has 1 aliphatic carbocycles. The van der Waals surface area contributed by atoms with Gasteiger partial charge in [-0.2, -0.15) is 0 Å². The lowest BCUT2D eigenvalue weighted by Gasteiger charge is -2.41. The molecule has 2 aliphatic rings. The summed E-state index contributed by atoms with van der Waals surface area (Å²) in [6, 6.07) is 17.0. The van der Waals surface area contributed by atoms with E-state index in [2.05, 4.69) is 111 Å². The first-order chi connectivity index (χ1) is 30.2. The molecule has 1 aliphatic heterocycles. The average Bonchev–Trinajstić information content (AvgIpc) is 3.61. The van der Waals surface area contributed by atoms with Gasteiger partial charge in [0.05, 0.1) is 13.2 Å². The molecule has 4 rings (SSSR count). The number of hydrogen-bond donors (Lipinski definition) is 0. The van der Waals surface area contributed by atoms with Gasteiger partial charge in [-0.15, -0.1) is 0 Å². The van der Waals surface area contributed by atoms with Crippen LogP contribution in [0.3, 0.4) is 0 Å². The topological polar surface area (TPSA) is 48.0 Å². The number of piperidine rings is 1. The Labute approximate surface area is 373 Å². The summed E-state index contributed by atoms with van der Waals surface area (Å²) < 4.78 is 19.3. The van der Waals surface area contributed by atoms with Gasteiger partial charge in [-0.1, -0.05) is 188 Å². The fourth-order valence-corrected chi connectivity index (χ4v) is 8.74. The number of likely N-dealkylation sites (tertiary alicyclic amines) is 1. The third-order valence-corrected chi connectivity index (χ3v) is 12.5. The van der Waals surface area contributed by atoms with Crippen molar-refractivity contribution >= 4 is 6.09 Å². The van der Waals surface area contributed by atoms with E-state index in [0.29, 0.717) is 45.8 Å². The molecule has 2 aromatic rings. The van der Waals surface area contributed by atoms with Crippen molar-refractivity contribution in [3.8, 4) is 11.1 Å². The SMILES string of the molecule is CCCCC/C=C\C/C=C\CCCCCCCCOC1(OCCCCCCCC/C=C\C/C=C\CCCCC)CCN(C(=O)OCC2c3ccccc3-c3ccccc32)CC1. The molecule has 5 nitrogen and oxygen atoms in total. The monoisotopic (exact) mass is 836 g/mol. The number of carbonyl (C=O) groups excluding carboxylic acids is 1. The van der Waals surface area contributed by atoms with Gasteiger partial charge in [0.25, 0.3) is 0 Å². The molecule has 1 saturated heterocycles. The molecule has 61 heavy (non-hydrogen) atoms. The fourth-order valence-electron chi connectivity index (χ4n) is 8.74. The number of hydrogen-bond acceptors (Lipinski definition) is 4. The first kappa shape index (κ1) is 50.2. The molecule has 5 heteroatoms. The van der Waals surface area contributed by atoms with Crippen LogP contribution in [0, 0.1) is 0 Å². The van der Waals surface area contributed by atoms with Gasteiger partial charge in [0, 0.05) is 31.8 Å². The Kier molecular flexibility index (Phi) is 26.6. The molecule has 338 valence electrons. The average molecular weight is 836 g/mol. The number of fused-ring (bicyclic) bond motifs is 3. The maximum Gasteiger partial charge on any atom is 0.409 e. The van der Waals surface area contributed by atoms with Crippen molar-refractivity contribution < 1.29 is 19.0 Å². The number of rotatable bonds is 34. The molecule has 0 atom stereocenters. The van der Waals surface area contributed by atoms with Crippen LogP contribution in [0.15, 0.2) is 97.1 Å². The Bertz CT molecular complexity index is 1450. The highest BCUT2D eigenvalue weighted by atomic mass is 16.7. The van der Waals surface area contributed by atoms with Crippen molar-refractivity contribution in [2.45, 2.75) is 192 Å². The van der Waals surface area contributed by atoms with Crippen molar-refractivity contribution in [3.05, 3.63) is 108 Å². The zero-order chi connectivity index (χ0) is 42.9. The largest absolute Gasteiger partial charge is 0.448 e. The zero-order valence-corrected chi connectivity index (χ0v) is 38.8. The Hall–Kier alpha value is -3.41. The Balaban J connectivity index is 1.12. The van der Waals surface area contributed by atoms with E-state index in [9.17, 15) is 4.79 Å². The predicted octanol–water partition coefficient (Wildman–Crippen LogP) is 16.4. The summed E-state index contributed by atoms with van der Waals surface area (Å²) in [5, 5.41) is 0. The molecule has 1 heterocycles. The number of amides is 1. The molecular formula is C56H85NO4. The minimum absolute atomic E-state index is 0.0651. The van der Waals surface area contributed by atoms with E-state index in [0.717, 1.165) is 25.7 Å². The van der Waals surface area contributed by atoms with E-state index >= 15 is 0 Å². The van der Waals surface area contributed by atoms with E-state index in [4.69, 9.17) is 14.2 Å². The van der Waals surface area contributed by atoms with Crippen molar-refractivity contribution in [2.24, 2.45) is 0 Å². The third-order valence-electron chi connectivity index (χ3n) is 12.5. The molecule has 0 unspecified atom stereocenters. The van der Waals surface area contributed by atoms with Gasteiger partial charge < -0.3 is 19.1 Å². The smallest absolute Gasteiger partial charge is 0.409 e. The van der Waals surface area contributed by atoms with Gasteiger partial charge in [0.2, 0.25) is 0 Å². The molecule has 1 amide bonds. The first-order valence-corrected chi connectivity index (χ1v) is 25.1. The van der Waals surface area contributed by atoms with Crippen LogP contribution in [0.25, 0.3) is 11.1 Å². The lowest BCUT2D eigenvalue weighted by Crippen LogP contribution is -2.50. The molecule has 0 N–H and O–H groups in total. The maximum atomic E-state index is 13.5. The first-order valence-electron chi connectivity index (χ1n) is 25.1. The van der Waals surface area contributed by atoms with Crippen LogP contribution in [0.1, 0.15) is 198 Å². The standard InChI is InChI=1S/C56H85NO4/c1-3-5-7-9-11-13-15-17-19-21-23-25-27-29-31-37-47-60-56(61-48-38-32-30-28-26-24-22-20-18-16-14-12-10-8-6-4-2)43-45-57(46-44-56)55(58)59-49-54-52-41-35-33-39-50(52)51-40-34-36-42-53(51)54/h11-14,17-20,33-36,39-42,54H,3-10,15-16,21-32,37-38,43-49H2,1-2H3/b13-11-,14-12-,19-17-,20-18-. The second-order valence-corrected chi connectivity index (χ2v) is 17.6. The summed E-state index contributed by atoms with van der Waals surface area (Å²) in [7, 11) is 0. The van der Waals surface area contributed by atoms with Gasteiger partial charge >= 0.3 is 6.09 Å². The van der Waals surface area contributed by atoms with Crippen LogP contribution in [0.2, 0.25) is 0 Å². The van der Waals surface area contributed by atoms with E-state index < -0.39 is 5.79 Å². The third kappa shape index (κ3) is 20.1. The lowest BCUT2D eigenvalue weighted by atomic mass is 9.98. The second-order valence-electron chi connectivity index (χ2n) is 17.6. The molecule has 0 aromatic heterocycles. The zero-order valence-electron chi connectivity index (χ0n) is 38.8. The number of carbonyl (C=O) groups is 1. The van der Waals surface area contributed by atoms with Gasteiger partial charge in [-0.3, -0.25) is 0 Å². The Morgan fingerprint density at radius 2 is 0.934 bits per heavy atom. The minimum atomic E-state index is -0.617. The molecule has 2 aromatic carbocycles. The number of benzene rings is 2. The summed E-state index contributed by atoms with van der Waals surface area (Å²) in [5.74, 6) is -0.552. The quantitative estimate of drug-likeness (QED) is 0.0400. The lowest BCUT2D eigenvalue weighted by molar-refractivity contribution is -0.256. The number of allylic oxidation sites excluding steroid dienone is 8. The molecule has 0 bridgehead atoms. The van der Waals surface area contributed by atoms with Gasteiger partial charge in [-0.25, -0.2) is 4.79 Å². The maximum absolute atomic E-state index is 13.5. The van der Waals surface area contributed by atoms with Crippen LogP contribution >= 0.6 is 0 Å².